The molecule has 7 heteroatoms. The van der Waals surface area contributed by atoms with Crippen molar-refractivity contribution in [2.75, 3.05) is 10.7 Å². The van der Waals surface area contributed by atoms with Gasteiger partial charge in [-0.3, -0.25) is 20.4 Å². The Balaban J connectivity index is 1.80. The van der Waals surface area contributed by atoms with Gasteiger partial charge < -0.3 is 5.32 Å². The molecule has 0 radical (unpaired) electrons. The molecule has 0 fully saturated rings. The Kier molecular flexibility index (Phi) is 5.48. The Labute approximate surface area is 126 Å². The van der Waals surface area contributed by atoms with E-state index < -0.39 is 0 Å². The molecule has 4 N–H and O–H groups in total. The zero-order valence-electron chi connectivity index (χ0n) is 11.0. The topological polar surface area (TPSA) is 82.3 Å². The number of rotatable bonds is 6. The lowest BCUT2D eigenvalue weighted by atomic mass is 10.3. The van der Waals surface area contributed by atoms with Gasteiger partial charge in [0.2, 0.25) is 6.41 Å². The molecule has 0 spiro atoms. The van der Waals surface area contributed by atoms with Crippen LogP contribution in [-0.4, -0.2) is 12.4 Å². The van der Waals surface area contributed by atoms with Crippen molar-refractivity contribution in [3.05, 3.63) is 54.6 Å². The highest BCUT2D eigenvalue weighted by Gasteiger charge is 2.02. The molecule has 2 rings (SSSR count). The zero-order chi connectivity index (χ0) is 14.9. The smallest absolute Gasteiger partial charge is 0.307 e. The number of anilines is 2. The summed E-state index contributed by atoms with van der Waals surface area (Å²) in [5.74, 6) is 0. The molecule has 0 heterocycles. The number of urea groups is 1. The summed E-state index contributed by atoms with van der Waals surface area (Å²) in [6, 6.07) is 16.1. The van der Waals surface area contributed by atoms with E-state index in [2.05, 4.69) is 20.9 Å². The second-order valence-electron chi connectivity index (χ2n) is 3.94. The van der Waals surface area contributed by atoms with Gasteiger partial charge in [0.1, 0.15) is 0 Å². The lowest BCUT2D eigenvalue weighted by Crippen LogP contribution is -2.22. The van der Waals surface area contributed by atoms with Crippen molar-refractivity contribution in [1.29, 1.82) is 0 Å². The molecule has 0 saturated heterocycles. The van der Waals surface area contributed by atoms with Gasteiger partial charge in [-0.1, -0.05) is 18.2 Å². The summed E-state index contributed by atoms with van der Waals surface area (Å²) in [5.41, 5.74) is 6.37. The minimum Gasteiger partial charge on any atom is -0.307 e. The van der Waals surface area contributed by atoms with E-state index in [9.17, 15) is 9.59 Å². The fraction of sp³-hybridized carbons (Fsp3) is 0. The molecule has 0 atom stereocenters. The summed E-state index contributed by atoms with van der Waals surface area (Å²) in [6.45, 7) is 0. The van der Waals surface area contributed by atoms with Crippen LogP contribution in [0.25, 0.3) is 0 Å². The molecule has 0 aromatic heterocycles. The number of carbonyl (C=O) groups is 2. The molecule has 2 aromatic carbocycles. The van der Waals surface area contributed by atoms with Crippen LogP contribution < -0.4 is 20.9 Å². The van der Waals surface area contributed by atoms with Crippen LogP contribution >= 0.6 is 11.9 Å². The molecule has 6 nitrogen and oxygen atoms in total. The molecular weight excluding hydrogens is 288 g/mol. The summed E-state index contributed by atoms with van der Waals surface area (Å²) < 4.78 is 2.69. The summed E-state index contributed by atoms with van der Waals surface area (Å²) in [5, 5.41) is 2.71. The number of hydrogen-bond acceptors (Lipinski definition) is 4. The number of benzene rings is 2. The SMILES string of the molecule is O=CNNc1ccc(NC(=O)NSc2ccccc2)cc1. The minimum absolute atomic E-state index is 0.310. The van der Waals surface area contributed by atoms with Gasteiger partial charge in [-0.2, -0.15) is 0 Å². The van der Waals surface area contributed by atoms with Gasteiger partial charge >= 0.3 is 6.03 Å². The summed E-state index contributed by atoms with van der Waals surface area (Å²) in [4.78, 5) is 22.8. The second-order valence-corrected chi connectivity index (χ2v) is 4.82. The van der Waals surface area contributed by atoms with Crippen LogP contribution in [-0.2, 0) is 4.79 Å². The van der Waals surface area contributed by atoms with Crippen molar-refractivity contribution in [1.82, 2.24) is 10.1 Å². The minimum atomic E-state index is -0.310. The van der Waals surface area contributed by atoms with Gasteiger partial charge in [-0.15, -0.1) is 0 Å². The molecule has 21 heavy (non-hydrogen) atoms. The number of amides is 3. The van der Waals surface area contributed by atoms with Gasteiger partial charge in [0.15, 0.2) is 0 Å². The molecule has 0 bridgehead atoms. The highest BCUT2D eigenvalue weighted by atomic mass is 32.2. The third-order valence-electron chi connectivity index (χ3n) is 2.42. The summed E-state index contributed by atoms with van der Waals surface area (Å²) >= 11 is 1.24. The normalized spacial score (nSPS) is 9.52. The zero-order valence-corrected chi connectivity index (χ0v) is 11.8. The van der Waals surface area contributed by atoms with E-state index in [1.54, 1.807) is 24.3 Å². The molecule has 0 aliphatic carbocycles. The number of hydrogen-bond donors (Lipinski definition) is 4. The maximum Gasteiger partial charge on any atom is 0.329 e. The van der Waals surface area contributed by atoms with E-state index in [4.69, 9.17) is 0 Å². The van der Waals surface area contributed by atoms with E-state index in [-0.39, 0.29) is 6.03 Å². The molecule has 2 aromatic rings. The van der Waals surface area contributed by atoms with Crippen molar-refractivity contribution >= 4 is 35.8 Å². The average Bonchev–Trinajstić information content (AvgIpc) is 2.53. The van der Waals surface area contributed by atoms with E-state index >= 15 is 0 Å². The standard InChI is InChI=1S/C14H14N4O2S/c19-10-15-17-12-8-6-11(7-9-12)16-14(20)18-21-13-4-2-1-3-5-13/h1-10,17H,(H,15,19)(H2,16,18,20). The van der Waals surface area contributed by atoms with Gasteiger partial charge in [0, 0.05) is 10.6 Å². The van der Waals surface area contributed by atoms with Crippen LogP contribution in [0.1, 0.15) is 0 Å². The Hall–Kier alpha value is -2.67. The molecule has 0 aliphatic heterocycles. The maximum atomic E-state index is 11.7. The second kappa shape index (κ2) is 7.81. The third-order valence-corrected chi connectivity index (χ3v) is 3.22. The van der Waals surface area contributed by atoms with Crippen LogP contribution in [0, 0.1) is 0 Å². The van der Waals surface area contributed by atoms with E-state index in [0.717, 1.165) is 4.90 Å². The monoisotopic (exact) mass is 302 g/mol. The lowest BCUT2D eigenvalue weighted by molar-refractivity contribution is -0.109. The maximum absolute atomic E-state index is 11.7. The van der Waals surface area contributed by atoms with Crippen LogP contribution in [0.5, 0.6) is 0 Å². The van der Waals surface area contributed by atoms with Crippen molar-refractivity contribution in [2.24, 2.45) is 0 Å². The molecule has 0 unspecified atom stereocenters. The highest BCUT2D eigenvalue weighted by Crippen LogP contribution is 2.15. The van der Waals surface area contributed by atoms with Gasteiger partial charge in [0.25, 0.3) is 0 Å². The molecule has 3 amide bonds. The lowest BCUT2D eigenvalue weighted by Gasteiger charge is -2.08. The average molecular weight is 302 g/mol. The van der Waals surface area contributed by atoms with E-state index in [1.165, 1.54) is 11.9 Å². The highest BCUT2D eigenvalue weighted by molar-refractivity contribution is 7.98. The Morgan fingerprint density at radius 2 is 1.62 bits per heavy atom. The summed E-state index contributed by atoms with van der Waals surface area (Å²) in [7, 11) is 0. The van der Waals surface area contributed by atoms with Crippen LogP contribution in [0.15, 0.2) is 59.5 Å². The molecular formula is C14H14N4O2S. The largest absolute Gasteiger partial charge is 0.329 e. The molecule has 108 valence electrons. The number of nitrogens with one attached hydrogen (secondary N) is 4. The van der Waals surface area contributed by atoms with Crippen LogP contribution in [0.3, 0.4) is 0 Å². The first-order chi connectivity index (χ1) is 10.3. The summed E-state index contributed by atoms with van der Waals surface area (Å²) in [6.07, 6.45) is 0.542. The van der Waals surface area contributed by atoms with E-state index in [1.807, 2.05) is 30.3 Å². The number of hydrazine groups is 1. The van der Waals surface area contributed by atoms with Gasteiger partial charge in [-0.25, -0.2) is 4.79 Å². The predicted molar refractivity (Wildman–Crippen MR) is 83.7 cm³/mol. The van der Waals surface area contributed by atoms with Crippen molar-refractivity contribution < 1.29 is 9.59 Å². The fourth-order valence-corrected chi connectivity index (χ4v) is 2.05. The molecule has 0 aliphatic rings. The van der Waals surface area contributed by atoms with E-state index in [0.29, 0.717) is 17.8 Å². The molecule has 0 saturated carbocycles. The third kappa shape index (κ3) is 5.07. The first-order valence-corrected chi connectivity index (χ1v) is 6.94. The van der Waals surface area contributed by atoms with Crippen molar-refractivity contribution in [3.8, 4) is 0 Å². The quantitative estimate of drug-likeness (QED) is 0.375. The Morgan fingerprint density at radius 3 is 2.29 bits per heavy atom. The Bertz CT molecular complexity index is 590. The first-order valence-electron chi connectivity index (χ1n) is 6.12. The van der Waals surface area contributed by atoms with Crippen LogP contribution in [0.2, 0.25) is 0 Å². The number of carbonyl (C=O) groups excluding carboxylic acids is 2. The van der Waals surface area contributed by atoms with Crippen LogP contribution in [0.4, 0.5) is 16.2 Å². The van der Waals surface area contributed by atoms with Crippen molar-refractivity contribution in [3.63, 3.8) is 0 Å². The van der Waals surface area contributed by atoms with Crippen molar-refractivity contribution in [2.45, 2.75) is 4.90 Å². The first kappa shape index (κ1) is 14.7. The van der Waals surface area contributed by atoms with Gasteiger partial charge in [-0.05, 0) is 48.3 Å². The fourth-order valence-electron chi connectivity index (χ4n) is 1.50. The Morgan fingerprint density at radius 1 is 0.952 bits per heavy atom. The predicted octanol–water partition coefficient (Wildman–Crippen LogP) is 2.59. The van der Waals surface area contributed by atoms with Gasteiger partial charge in [0.05, 0.1) is 5.69 Å².